The lowest BCUT2D eigenvalue weighted by atomic mass is 10.2. The minimum atomic E-state index is 0.167. The zero-order valence-corrected chi connectivity index (χ0v) is 23.4. The number of pyridine rings is 2. The van der Waals surface area contributed by atoms with Crippen LogP contribution < -0.4 is 40.6 Å². The molecule has 5 N–H and O–H groups in total. The van der Waals surface area contributed by atoms with Gasteiger partial charge in [0.25, 0.3) is 0 Å². The van der Waals surface area contributed by atoms with Gasteiger partial charge < -0.3 is 45.4 Å². The molecule has 0 spiro atoms. The Bertz CT molecular complexity index is 1480. The summed E-state index contributed by atoms with van der Waals surface area (Å²) in [5, 5.41) is 9.79. The third-order valence-electron chi connectivity index (χ3n) is 5.36. The summed E-state index contributed by atoms with van der Waals surface area (Å²) in [7, 11) is 0. The highest BCUT2D eigenvalue weighted by atomic mass is 16.7. The van der Waals surface area contributed by atoms with Crippen LogP contribution in [0, 0.1) is 0 Å². The van der Waals surface area contributed by atoms with E-state index in [9.17, 15) is 4.79 Å². The molecule has 0 saturated heterocycles. The number of aromatic nitrogens is 2. The van der Waals surface area contributed by atoms with Gasteiger partial charge in [0.2, 0.25) is 13.6 Å². The molecule has 4 heterocycles. The number of carbonyl (C=O) groups is 1. The first-order valence-corrected chi connectivity index (χ1v) is 13.0. The molecule has 0 aliphatic carbocycles. The lowest BCUT2D eigenvalue weighted by Crippen LogP contribution is -2.11. The maximum atomic E-state index is 9.44. The Morgan fingerprint density at radius 3 is 1.78 bits per heavy atom. The maximum absolute atomic E-state index is 9.44. The normalized spacial score (nSPS) is 11.9. The molecule has 2 aromatic carbocycles. The fourth-order valence-electron chi connectivity index (χ4n) is 3.68. The second-order valence-corrected chi connectivity index (χ2v) is 9.43. The molecule has 0 bridgehead atoms. The third-order valence-corrected chi connectivity index (χ3v) is 5.36. The Labute approximate surface area is 239 Å². The summed E-state index contributed by atoms with van der Waals surface area (Å²) in [5.41, 5.74) is 9.15. The number of rotatable bonds is 6. The van der Waals surface area contributed by atoms with Crippen LogP contribution in [-0.4, -0.2) is 35.4 Å². The Balaban J connectivity index is 0.000000169. The van der Waals surface area contributed by atoms with Crippen molar-refractivity contribution in [3.8, 4) is 23.0 Å². The highest BCUT2D eigenvalue weighted by molar-refractivity contribution is 5.73. The van der Waals surface area contributed by atoms with Crippen LogP contribution in [-0.2, 0) is 4.79 Å². The molecular weight excluding hydrogens is 524 g/mol. The summed E-state index contributed by atoms with van der Waals surface area (Å²) in [6, 6.07) is 19.2. The van der Waals surface area contributed by atoms with Crippen LogP contribution in [0.15, 0.2) is 73.1 Å². The van der Waals surface area contributed by atoms with E-state index in [2.05, 4.69) is 39.8 Å². The van der Waals surface area contributed by atoms with Gasteiger partial charge in [-0.1, -0.05) is 0 Å². The Hall–Kier alpha value is -5.19. The van der Waals surface area contributed by atoms with E-state index in [-0.39, 0.29) is 19.4 Å². The maximum Gasteiger partial charge on any atom is 0.231 e. The van der Waals surface area contributed by atoms with Gasteiger partial charge in [0, 0.05) is 41.9 Å². The van der Waals surface area contributed by atoms with Crippen LogP contribution in [0.3, 0.4) is 0 Å². The Morgan fingerprint density at radius 1 is 0.756 bits per heavy atom. The minimum absolute atomic E-state index is 0.167. The number of nitrogens with two attached hydrogens (primary N) is 1. The molecule has 0 amide bonds. The molecule has 2 aromatic heterocycles. The van der Waals surface area contributed by atoms with Crippen molar-refractivity contribution in [1.82, 2.24) is 9.97 Å². The average molecular weight is 559 g/mol. The van der Waals surface area contributed by atoms with Crippen LogP contribution in [0.5, 0.6) is 23.0 Å². The van der Waals surface area contributed by atoms with Crippen molar-refractivity contribution in [2.45, 2.75) is 33.7 Å². The van der Waals surface area contributed by atoms with Crippen molar-refractivity contribution in [3.05, 3.63) is 73.1 Å². The molecule has 41 heavy (non-hydrogen) atoms. The summed E-state index contributed by atoms with van der Waals surface area (Å²) < 4.78 is 21.2. The van der Waals surface area contributed by atoms with Gasteiger partial charge in [0.05, 0.1) is 11.4 Å². The van der Waals surface area contributed by atoms with E-state index in [0.29, 0.717) is 17.5 Å². The van der Waals surface area contributed by atoms with Crippen molar-refractivity contribution >= 4 is 40.2 Å². The summed E-state index contributed by atoms with van der Waals surface area (Å²) in [6.07, 6.45) is 3.45. The van der Waals surface area contributed by atoms with Gasteiger partial charge in [-0.3, -0.25) is 0 Å². The van der Waals surface area contributed by atoms with E-state index >= 15 is 0 Å². The van der Waals surface area contributed by atoms with Crippen LogP contribution in [0.2, 0.25) is 0 Å². The van der Waals surface area contributed by atoms with E-state index in [1.165, 1.54) is 13.8 Å². The standard InChI is InChI=1S/C15H17N3O2.C12H11N3O2.C3H6O/c1-10(2)17-12-4-3-7-16-15(12)18-11-5-6-13-14(8-11)20-9-19-13;13-9-2-1-5-14-12(9)15-8-3-4-10-11(6-8)17-7-16-10;1-3(2)4/h3-8,10,17H,9H2,1-2H3,(H,16,18);1-6H,7,13H2,(H,14,15);1-2H3. The van der Waals surface area contributed by atoms with Crippen molar-refractivity contribution in [1.29, 1.82) is 0 Å². The number of hydrogen-bond acceptors (Lipinski definition) is 11. The van der Waals surface area contributed by atoms with Crippen LogP contribution in [0.1, 0.15) is 27.7 Å². The van der Waals surface area contributed by atoms with Gasteiger partial charge in [-0.15, -0.1) is 0 Å². The van der Waals surface area contributed by atoms with Crippen LogP contribution in [0.4, 0.5) is 34.4 Å². The van der Waals surface area contributed by atoms with E-state index in [0.717, 1.165) is 45.9 Å². The first-order valence-electron chi connectivity index (χ1n) is 13.0. The van der Waals surface area contributed by atoms with Gasteiger partial charge in [0.15, 0.2) is 34.6 Å². The molecule has 0 radical (unpaired) electrons. The van der Waals surface area contributed by atoms with Crippen molar-refractivity contribution in [3.63, 3.8) is 0 Å². The van der Waals surface area contributed by atoms with E-state index in [4.69, 9.17) is 24.7 Å². The monoisotopic (exact) mass is 558 g/mol. The minimum Gasteiger partial charge on any atom is -0.454 e. The lowest BCUT2D eigenvalue weighted by molar-refractivity contribution is -0.115. The number of nitrogens with one attached hydrogen (secondary N) is 3. The number of fused-ring (bicyclic) bond motifs is 2. The first-order chi connectivity index (χ1) is 19.8. The number of anilines is 6. The van der Waals surface area contributed by atoms with Gasteiger partial charge in [-0.05, 0) is 76.2 Å². The van der Waals surface area contributed by atoms with Gasteiger partial charge in [0.1, 0.15) is 5.78 Å². The molecule has 0 saturated carbocycles. The molecule has 0 unspecified atom stereocenters. The Morgan fingerprint density at radius 2 is 1.24 bits per heavy atom. The number of ether oxygens (including phenoxy) is 4. The summed E-state index contributed by atoms with van der Waals surface area (Å²) in [4.78, 5) is 18.0. The quantitative estimate of drug-likeness (QED) is 0.218. The van der Waals surface area contributed by atoms with Crippen LogP contribution in [0.25, 0.3) is 0 Å². The number of carbonyl (C=O) groups excluding carboxylic acids is 1. The summed E-state index contributed by atoms with van der Waals surface area (Å²) in [5.74, 6) is 4.60. The number of nitrogens with zero attached hydrogens (tertiary/aromatic N) is 2. The molecule has 4 aromatic rings. The molecule has 11 heteroatoms. The third kappa shape index (κ3) is 8.40. The zero-order valence-electron chi connectivity index (χ0n) is 23.4. The molecule has 11 nitrogen and oxygen atoms in total. The number of Topliss-reactive ketones (excluding diaryl/α,β-unsaturated/α-hetero) is 1. The fourth-order valence-corrected chi connectivity index (χ4v) is 3.68. The molecule has 2 aliphatic rings. The predicted molar refractivity (Wildman–Crippen MR) is 160 cm³/mol. The van der Waals surface area contributed by atoms with Crippen molar-refractivity contribution in [2.75, 3.05) is 35.3 Å². The van der Waals surface area contributed by atoms with Gasteiger partial charge in [-0.25, -0.2) is 9.97 Å². The number of benzene rings is 2. The largest absolute Gasteiger partial charge is 0.454 e. The highest BCUT2D eigenvalue weighted by Crippen LogP contribution is 2.36. The topological polar surface area (TPSA) is 142 Å². The van der Waals surface area contributed by atoms with E-state index in [1.54, 1.807) is 24.5 Å². The number of ketones is 1. The SMILES string of the molecule is CC(C)=O.CC(C)Nc1cccnc1Nc1ccc2c(c1)OCO2.Nc1cccnc1Nc1ccc2c(c1)OCO2. The fraction of sp³-hybridized carbons (Fsp3) is 0.233. The average Bonchev–Trinajstić information content (AvgIpc) is 3.60. The molecule has 214 valence electrons. The van der Waals surface area contributed by atoms with Gasteiger partial charge >= 0.3 is 0 Å². The van der Waals surface area contributed by atoms with E-state index < -0.39 is 0 Å². The molecule has 6 rings (SSSR count). The molecule has 0 atom stereocenters. The predicted octanol–water partition coefficient (Wildman–Crippen LogP) is 6.11. The summed E-state index contributed by atoms with van der Waals surface area (Å²) >= 11 is 0. The summed E-state index contributed by atoms with van der Waals surface area (Å²) in [6.45, 7) is 7.79. The molecule has 0 fully saturated rings. The number of nitrogen functional groups attached to an aromatic ring is 1. The zero-order chi connectivity index (χ0) is 29.2. The van der Waals surface area contributed by atoms with Crippen molar-refractivity contribution < 1.29 is 23.7 Å². The Kier molecular flexibility index (Phi) is 9.66. The van der Waals surface area contributed by atoms with Crippen LogP contribution >= 0.6 is 0 Å². The smallest absolute Gasteiger partial charge is 0.231 e. The van der Waals surface area contributed by atoms with Crippen molar-refractivity contribution in [2.24, 2.45) is 0 Å². The molecule has 2 aliphatic heterocycles. The second kappa shape index (κ2) is 13.7. The first kappa shape index (κ1) is 28.8. The van der Waals surface area contributed by atoms with E-state index in [1.807, 2.05) is 48.5 Å². The highest BCUT2D eigenvalue weighted by Gasteiger charge is 2.15. The second-order valence-electron chi connectivity index (χ2n) is 9.43. The molecular formula is C30H34N6O5. The van der Waals surface area contributed by atoms with Gasteiger partial charge in [-0.2, -0.15) is 0 Å². The number of hydrogen-bond donors (Lipinski definition) is 4. The lowest BCUT2D eigenvalue weighted by Gasteiger charge is -2.15.